The third-order valence-corrected chi connectivity index (χ3v) is 5.62. The van der Waals surface area contributed by atoms with Gasteiger partial charge in [0.2, 0.25) is 0 Å². The van der Waals surface area contributed by atoms with Gasteiger partial charge in [0.1, 0.15) is 18.3 Å². The van der Waals surface area contributed by atoms with Crippen molar-refractivity contribution in [3.05, 3.63) is 71.3 Å². The fraction of sp³-hybridized carbons (Fsp3) is 0.304. The summed E-state index contributed by atoms with van der Waals surface area (Å²) in [5.74, 6) is -0.186. The Kier molecular flexibility index (Phi) is 5.22. The third kappa shape index (κ3) is 3.88. The maximum Gasteiger partial charge on any atom is 0.408 e. The Morgan fingerprint density at radius 1 is 1.10 bits per heavy atom. The number of carbonyl (C=O) groups excluding carboxylic acids is 1. The number of fused-ring (bicyclic) bond motifs is 3. The number of rotatable bonds is 6. The molecule has 0 fully saturated rings. The van der Waals surface area contributed by atoms with Gasteiger partial charge in [-0.2, -0.15) is 5.10 Å². The zero-order valence-electron chi connectivity index (χ0n) is 17.6. The van der Waals surface area contributed by atoms with Crippen molar-refractivity contribution in [3.63, 3.8) is 0 Å². The van der Waals surface area contributed by atoms with Crippen LogP contribution in [0, 0.1) is 13.8 Å². The minimum absolute atomic E-state index is 0.0702. The number of benzene rings is 2. The summed E-state index contributed by atoms with van der Waals surface area (Å²) in [5, 5.41) is 16.4. The Bertz CT molecular complexity index is 1110. The van der Waals surface area contributed by atoms with Crippen LogP contribution in [0.4, 0.5) is 4.79 Å². The number of amides is 1. The molecule has 0 bridgehead atoms. The predicted octanol–water partition coefficient (Wildman–Crippen LogP) is 3.28. The molecule has 3 aromatic rings. The predicted molar refractivity (Wildman–Crippen MR) is 114 cm³/mol. The Morgan fingerprint density at radius 2 is 1.68 bits per heavy atom. The molecule has 8 nitrogen and oxygen atoms in total. The number of aryl methyl sites for hydroxylation is 2. The summed E-state index contributed by atoms with van der Waals surface area (Å²) < 4.78 is 6.97. The summed E-state index contributed by atoms with van der Waals surface area (Å²) in [5.41, 5.74) is 2.82. The normalized spacial score (nSPS) is 14.4. The average Bonchev–Trinajstić information content (AvgIpc) is 3.22. The van der Waals surface area contributed by atoms with E-state index >= 15 is 0 Å². The molecular formula is C23H24N4O4. The van der Waals surface area contributed by atoms with Gasteiger partial charge in [0, 0.05) is 5.92 Å². The molecule has 1 amide bonds. The fourth-order valence-corrected chi connectivity index (χ4v) is 4.03. The van der Waals surface area contributed by atoms with E-state index < -0.39 is 17.6 Å². The van der Waals surface area contributed by atoms with Gasteiger partial charge in [-0.15, -0.1) is 0 Å². The number of carboxylic acid groups (broad SMARTS) is 1. The second-order valence-electron chi connectivity index (χ2n) is 7.95. The lowest BCUT2D eigenvalue weighted by atomic mass is 9.98. The van der Waals surface area contributed by atoms with Crippen LogP contribution in [0.5, 0.6) is 0 Å². The Balaban J connectivity index is 1.48. The molecule has 8 heteroatoms. The Hall–Kier alpha value is -3.68. The largest absolute Gasteiger partial charge is 0.479 e. The highest BCUT2D eigenvalue weighted by atomic mass is 16.5. The number of hydrogen-bond acceptors (Lipinski definition) is 5. The molecule has 2 N–H and O–H groups in total. The Labute approximate surface area is 179 Å². The highest BCUT2D eigenvalue weighted by Crippen LogP contribution is 2.44. The van der Waals surface area contributed by atoms with Crippen LogP contribution >= 0.6 is 0 Å². The monoisotopic (exact) mass is 420 g/mol. The van der Waals surface area contributed by atoms with Crippen LogP contribution in [0.15, 0.2) is 48.5 Å². The first-order valence-corrected chi connectivity index (χ1v) is 10.0. The standard InChI is InChI=1S/C23H24N4O4/c1-14-24-15(2)27(26-14)13-23(3,21(28)29)25-22(30)31-12-20-18-10-6-4-8-16(18)17-9-5-7-11-19(17)20/h4-11,20H,12-13H2,1-3H3,(H,25,30)(H,28,29). The van der Waals surface area contributed by atoms with Crippen LogP contribution in [0.1, 0.15) is 35.6 Å². The van der Waals surface area contributed by atoms with Crippen molar-refractivity contribution in [1.82, 2.24) is 20.1 Å². The SMILES string of the molecule is Cc1nc(C)n(CC(C)(NC(=O)OCC2c3ccccc3-c3ccccc32)C(=O)O)n1. The lowest BCUT2D eigenvalue weighted by Crippen LogP contribution is -2.55. The van der Waals surface area contributed by atoms with E-state index in [4.69, 9.17) is 4.74 Å². The first kappa shape index (κ1) is 20.6. The minimum Gasteiger partial charge on any atom is -0.479 e. The van der Waals surface area contributed by atoms with Gasteiger partial charge in [0.05, 0.1) is 6.54 Å². The van der Waals surface area contributed by atoms with Gasteiger partial charge in [-0.1, -0.05) is 48.5 Å². The van der Waals surface area contributed by atoms with Gasteiger partial charge in [0.15, 0.2) is 5.54 Å². The van der Waals surface area contributed by atoms with Crippen LogP contribution < -0.4 is 5.32 Å². The second kappa shape index (κ2) is 7.86. The molecule has 0 radical (unpaired) electrons. The van der Waals surface area contributed by atoms with Crippen molar-refractivity contribution < 1.29 is 19.4 Å². The van der Waals surface area contributed by atoms with Crippen molar-refractivity contribution in [2.75, 3.05) is 6.61 Å². The molecule has 1 aromatic heterocycles. The Morgan fingerprint density at radius 3 is 2.19 bits per heavy atom. The van der Waals surface area contributed by atoms with Gasteiger partial charge in [-0.3, -0.25) is 0 Å². The zero-order chi connectivity index (χ0) is 22.2. The molecule has 1 atom stereocenters. The molecule has 4 rings (SSSR count). The molecule has 0 saturated carbocycles. The summed E-state index contributed by atoms with van der Waals surface area (Å²) in [7, 11) is 0. The molecule has 0 spiro atoms. The summed E-state index contributed by atoms with van der Waals surface area (Å²) in [6, 6.07) is 16.0. The number of aliphatic carboxylic acids is 1. The summed E-state index contributed by atoms with van der Waals surface area (Å²) in [4.78, 5) is 28.7. The molecule has 1 unspecified atom stereocenters. The topological polar surface area (TPSA) is 106 Å². The van der Waals surface area contributed by atoms with Crippen molar-refractivity contribution in [2.24, 2.45) is 0 Å². The van der Waals surface area contributed by atoms with Gasteiger partial charge in [-0.25, -0.2) is 19.3 Å². The van der Waals surface area contributed by atoms with Gasteiger partial charge in [-0.05, 0) is 43.0 Å². The van der Waals surface area contributed by atoms with E-state index in [0.717, 1.165) is 22.3 Å². The highest BCUT2D eigenvalue weighted by Gasteiger charge is 2.38. The number of alkyl carbamates (subject to hydrolysis) is 1. The highest BCUT2D eigenvalue weighted by molar-refractivity contribution is 5.84. The van der Waals surface area contributed by atoms with Crippen molar-refractivity contribution in [2.45, 2.75) is 38.8 Å². The van der Waals surface area contributed by atoms with Crippen LogP contribution in [-0.2, 0) is 16.1 Å². The number of ether oxygens (including phenoxy) is 1. The molecule has 1 aliphatic carbocycles. The van der Waals surface area contributed by atoms with Gasteiger partial charge in [0.25, 0.3) is 0 Å². The van der Waals surface area contributed by atoms with E-state index in [9.17, 15) is 14.7 Å². The van der Waals surface area contributed by atoms with E-state index in [-0.39, 0.29) is 19.1 Å². The number of aromatic nitrogens is 3. The third-order valence-electron chi connectivity index (χ3n) is 5.62. The zero-order valence-corrected chi connectivity index (χ0v) is 17.6. The van der Waals surface area contributed by atoms with E-state index in [1.54, 1.807) is 13.8 Å². The first-order chi connectivity index (χ1) is 14.8. The molecular weight excluding hydrogens is 396 g/mol. The fourth-order valence-electron chi connectivity index (χ4n) is 4.03. The number of carboxylic acids is 1. The smallest absolute Gasteiger partial charge is 0.408 e. The number of nitrogens with zero attached hydrogens (tertiary/aromatic N) is 3. The van der Waals surface area contributed by atoms with Crippen LogP contribution in [0.2, 0.25) is 0 Å². The minimum atomic E-state index is -1.60. The number of hydrogen-bond donors (Lipinski definition) is 2. The summed E-state index contributed by atoms with van der Waals surface area (Å²) >= 11 is 0. The van der Waals surface area contributed by atoms with E-state index in [0.29, 0.717) is 11.6 Å². The maximum absolute atomic E-state index is 12.6. The molecule has 31 heavy (non-hydrogen) atoms. The van der Waals surface area contributed by atoms with E-state index in [1.165, 1.54) is 11.6 Å². The number of carbonyl (C=O) groups is 2. The molecule has 0 aliphatic heterocycles. The molecule has 1 heterocycles. The molecule has 1 aliphatic rings. The first-order valence-electron chi connectivity index (χ1n) is 10.0. The van der Waals surface area contributed by atoms with Crippen LogP contribution in [-0.4, -0.2) is 44.1 Å². The van der Waals surface area contributed by atoms with Gasteiger partial charge >= 0.3 is 12.1 Å². The van der Waals surface area contributed by atoms with E-state index in [2.05, 4.69) is 27.5 Å². The summed E-state index contributed by atoms with van der Waals surface area (Å²) in [6.07, 6.45) is -0.791. The van der Waals surface area contributed by atoms with Crippen molar-refractivity contribution in [3.8, 4) is 11.1 Å². The van der Waals surface area contributed by atoms with Crippen molar-refractivity contribution >= 4 is 12.1 Å². The van der Waals surface area contributed by atoms with Crippen LogP contribution in [0.25, 0.3) is 11.1 Å². The van der Waals surface area contributed by atoms with Gasteiger partial charge < -0.3 is 15.2 Å². The lowest BCUT2D eigenvalue weighted by molar-refractivity contribution is -0.144. The maximum atomic E-state index is 12.6. The average molecular weight is 420 g/mol. The molecule has 160 valence electrons. The molecule has 2 aromatic carbocycles. The quantitative estimate of drug-likeness (QED) is 0.634. The van der Waals surface area contributed by atoms with E-state index in [1.807, 2.05) is 36.4 Å². The van der Waals surface area contributed by atoms with Crippen molar-refractivity contribution in [1.29, 1.82) is 0 Å². The molecule has 0 saturated heterocycles. The number of nitrogens with one attached hydrogen (secondary N) is 1. The summed E-state index contributed by atoms with van der Waals surface area (Å²) in [6.45, 7) is 4.92. The lowest BCUT2D eigenvalue weighted by Gasteiger charge is -2.26. The second-order valence-corrected chi connectivity index (χ2v) is 7.95. The van der Waals surface area contributed by atoms with Crippen LogP contribution in [0.3, 0.4) is 0 Å².